The van der Waals surface area contributed by atoms with E-state index in [4.69, 9.17) is 13.7 Å². The molecule has 0 heterocycles. The first-order valence-electron chi connectivity index (χ1n) is 13.9. The van der Waals surface area contributed by atoms with Gasteiger partial charge in [-0.25, -0.2) is 0 Å². The summed E-state index contributed by atoms with van der Waals surface area (Å²) < 4.78 is 12.0. The molecule has 0 saturated carbocycles. The standard InChI is InChI=1S/C28H53NO4Si2/c1-9-11-14-17-25(32-34(3,4)5)22-20-24-21-23-27(29-31-10-2)26(24)18-15-12-13-16-19-28(30)33-35(6,7)8/h20-26H,9-19H2,1-8H3/b22-20+,29-27-/t24-,25-,26+/m0/s1. The van der Waals surface area contributed by atoms with Crippen LogP contribution in [0.4, 0.5) is 0 Å². The molecule has 35 heavy (non-hydrogen) atoms. The summed E-state index contributed by atoms with van der Waals surface area (Å²) in [6.45, 7) is 17.8. The van der Waals surface area contributed by atoms with Crippen LogP contribution in [0.25, 0.3) is 0 Å². The Bertz CT molecular complexity index is 692. The molecule has 1 aliphatic carbocycles. The second-order valence-corrected chi connectivity index (χ2v) is 20.6. The molecule has 0 amide bonds. The van der Waals surface area contributed by atoms with Crippen LogP contribution in [0.2, 0.25) is 39.3 Å². The van der Waals surface area contributed by atoms with Crippen molar-refractivity contribution in [3.63, 3.8) is 0 Å². The van der Waals surface area contributed by atoms with Crippen LogP contribution in [-0.2, 0) is 18.5 Å². The molecule has 202 valence electrons. The Morgan fingerprint density at radius 2 is 1.71 bits per heavy atom. The molecule has 0 spiro atoms. The molecule has 0 aromatic rings. The highest BCUT2D eigenvalue weighted by Gasteiger charge is 2.28. The number of nitrogens with zero attached hydrogens (tertiary/aromatic N) is 1. The van der Waals surface area contributed by atoms with Crippen LogP contribution in [-0.4, -0.2) is 41.0 Å². The lowest BCUT2D eigenvalue weighted by Gasteiger charge is -2.25. The van der Waals surface area contributed by atoms with Crippen molar-refractivity contribution in [1.29, 1.82) is 0 Å². The maximum Gasteiger partial charge on any atom is 0.292 e. The fourth-order valence-electron chi connectivity index (χ4n) is 4.32. The van der Waals surface area contributed by atoms with E-state index < -0.39 is 16.6 Å². The minimum Gasteiger partial charge on any atom is -0.520 e. The third kappa shape index (κ3) is 15.5. The number of carbonyl (C=O) groups is 1. The van der Waals surface area contributed by atoms with Crippen molar-refractivity contribution in [2.24, 2.45) is 17.0 Å². The Kier molecular flexibility index (Phi) is 15.0. The van der Waals surface area contributed by atoms with Crippen molar-refractivity contribution in [3.05, 3.63) is 24.3 Å². The van der Waals surface area contributed by atoms with Crippen LogP contribution < -0.4 is 0 Å². The number of unbranched alkanes of at least 4 members (excludes halogenated alkanes) is 5. The molecule has 0 bridgehead atoms. The zero-order valence-electron chi connectivity index (χ0n) is 23.9. The van der Waals surface area contributed by atoms with Crippen molar-refractivity contribution < 1.29 is 18.5 Å². The topological polar surface area (TPSA) is 57.1 Å². The molecule has 0 radical (unpaired) electrons. The van der Waals surface area contributed by atoms with Crippen LogP contribution in [0, 0.1) is 11.8 Å². The van der Waals surface area contributed by atoms with Gasteiger partial charge >= 0.3 is 0 Å². The van der Waals surface area contributed by atoms with E-state index in [1.807, 2.05) is 6.92 Å². The lowest BCUT2D eigenvalue weighted by molar-refractivity contribution is -0.135. The molecule has 5 nitrogen and oxygen atoms in total. The maximum atomic E-state index is 11.9. The predicted octanol–water partition coefficient (Wildman–Crippen LogP) is 8.26. The highest BCUT2D eigenvalue weighted by molar-refractivity contribution is 6.71. The molecule has 0 aliphatic heterocycles. The van der Waals surface area contributed by atoms with Crippen molar-refractivity contribution in [2.45, 2.75) is 123 Å². The summed E-state index contributed by atoms with van der Waals surface area (Å²) in [4.78, 5) is 17.4. The normalized spacial score (nSPS) is 20.6. The summed E-state index contributed by atoms with van der Waals surface area (Å²) in [6.07, 6.45) is 19.9. The van der Waals surface area contributed by atoms with Gasteiger partial charge in [0.25, 0.3) is 5.97 Å². The summed E-state index contributed by atoms with van der Waals surface area (Å²) >= 11 is 0. The third-order valence-electron chi connectivity index (χ3n) is 5.84. The Hall–Kier alpha value is -1.19. The first-order valence-corrected chi connectivity index (χ1v) is 20.7. The smallest absolute Gasteiger partial charge is 0.292 e. The lowest BCUT2D eigenvalue weighted by atomic mass is 9.88. The summed E-state index contributed by atoms with van der Waals surface area (Å²) in [6, 6.07) is 0. The summed E-state index contributed by atoms with van der Waals surface area (Å²) in [5.74, 6) is 0.646. The molecule has 1 aliphatic rings. The monoisotopic (exact) mass is 523 g/mol. The van der Waals surface area contributed by atoms with Crippen molar-refractivity contribution in [1.82, 2.24) is 0 Å². The Morgan fingerprint density at radius 3 is 2.34 bits per heavy atom. The van der Waals surface area contributed by atoms with Gasteiger partial charge in [-0.3, -0.25) is 4.79 Å². The van der Waals surface area contributed by atoms with Gasteiger partial charge in [0.2, 0.25) is 8.32 Å². The first kappa shape index (κ1) is 31.8. The molecule has 3 atom stereocenters. The van der Waals surface area contributed by atoms with E-state index in [2.05, 4.69) is 75.7 Å². The molecule has 0 N–H and O–H groups in total. The molecule has 0 aromatic heterocycles. The van der Waals surface area contributed by atoms with Crippen LogP contribution in [0.1, 0.15) is 78.1 Å². The molecule has 0 unspecified atom stereocenters. The van der Waals surface area contributed by atoms with E-state index >= 15 is 0 Å². The van der Waals surface area contributed by atoms with Gasteiger partial charge in [0.1, 0.15) is 6.61 Å². The first-order chi connectivity index (χ1) is 16.4. The summed E-state index contributed by atoms with van der Waals surface area (Å²) in [5, 5.41) is 4.41. The highest BCUT2D eigenvalue weighted by atomic mass is 28.4. The number of hydrogen-bond donors (Lipinski definition) is 0. The Balaban J connectivity index is 2.65. The number of carbonyl (C=O) groups excluding carboxylic acids is 1. The maximum absolute atomic E-state index is 11.9. The van der Waals surface area contributed by atoms with Gasteiger partial charge in [0, 0.05) is 18.3 Å². The zero-order chi connectivity index (χ0) is 26.3. The van der Waals surface area contributed by atoms with Crippen LogP contribution in [0.3, 0.4) is 0 Å². The van der Waals surface area contributed by atoms with Gasteiger partial charge in [-0.2, -0.15) is 0 Å². The minimum absolute atomic E-state index is 0.0328. The van der Waals surface area contributed by atoms with Gasteiger partial charge in [-0.15, -0.1) is 0 Å². The van der Waals surface area contributed by atoms with E-state index in [-0.39, 0.29) is 12.1 Å². The SMILES string of the molecule is CCCCC[C@@H](/C=C/[C@H]1C=C/C(=N/OCC)[C@@H]1CCCCCCC(=O)O[Si](C)(C)C)O[Si](C)(C)C. The second kappa shape index (κ2) is 16.5. The average Bonchev–Trinajstić information content (AvgIpc) is 3.12. The molecule has 7 heteroatoms. The number of allylic oxidation sites excluding steroid dienone is 3. The number of hydrogen-bond acceptors (Lipinski definition) is 5. The highest BCUT2D eigenvalue weighted by Crippen LogP contribution is 2.30. The van der Waals surface area contributed by atoms with Gasteiger partial charge in [-0.1, -0.05) is 68.8 Å². The molecular weight excluding hydrogens is 470 g/mol. The predicted molar refractivity (Wildman–Crippen MR) is 154 cm³/mol. The van der Waals surface area contributed by atoms with Gasteiger partial charge < -0.3 is 13.7 Å². The molecule has 0 saturated heterocycles. The van der Waals surface area contributed by atoms with E-state index in [1.165, 1.54) is 19.3 Å². The van der Waals surface area contributed by atoms with Gasteiger partial charge in [-0.05, 0) is 71.5 Å². The van der Waals surface area contributed by atoms with Crippen molar-refractivity contribution >= 4 is 28.3 Å². The van der Waals surface area contributed by atoms with Gasteiger partial charge in [0.05, 0.1) is 11.8 Å². The van der Waals surface area contributed by atoms with Crippen molar-refractivity contribution in [2.75, 3.05) is 6.61 Å². The zero-order valence-corrected chi connectivity index (χ0v) is 25.9. The molecular formula is C28H53NO4Si2. The quantitative estimate of drug-likeness (QED) is 0.0785. The van der Waals surface area contributed by atoms with Crippen LogP contribution in [0.15, 0.2) is 29.5 Å². The van der Waals surface area contributed by atoms with E-state index in [9.17, 15) is 4.79 Å². The summed E-state index contributed by atoms with van der Waals surface area (Å²) in [7, 11) is -3.38. The Labute approximate surface area is 218 Å². The number of oxime groups is 1. The largest absolute Gasteiger partial charge is 0.520 e. The average molecular weight is 524 g/mol. The fraction of sp³-hybridized carbons (Fsp3) is 0.786. The van der Waals surface area contributed by atoms with Crippen molar-refractivity contribution in [3.8, 4) is 0 Å². The fourth-order valence-corrected chi connectivity index (χ4v) is 6.21. The summed E-state index contributed by atoms with van der Waals surface area (Å²) in [5.41, 5.74) is 1.05. The molecule has 1 rings (SSSR count). The lowest BCUT2D eigenvalue weighted by Crippen LogP contribution is -2.31. The minimum atomic E-state index is -1.77. The third-order valence-corrected chi connectivity index (χ3v) is 7.69. The van der Waals surface area contributed by atoms with E-state index in [1.54, 1.807) is 0 Å². The van der Waals surface area contributed by atoms with Crippen LogP contribution in [0.5, 0.6) is 0 Å². The molecule has 0 fully saturated rings. The second-order valence-electron chi connectivity index (χ2n) is 11.7. The number of rotatable bonds is 18. The van der Waals surface area contributed by atoms with Crippen LogP contribution >= 0.6 is 0 Å². The van der Waals surface area contributed by atoms with E-state index in [0.29, 0.717) is 24.9 Å². The Morgan fingerprint density at radius 1 is 1.00 bits per heavy atom. The molecule has 0 aromatic carbocycles. The van der Waals surface area contributed by atoms with E-state index in [0.717, 1.165) is 44.2 Å². The van der Waals surface area contributed by atoms with Gasteiger partial charge in [0.15, 0.2) is 8.32 Å².